The van der Waals surface area contributed by atoms with Crippen LogP contribution in [0.3, 0.4) is 0 Å². The molecule has 1 atom stereocenters. The highest BCUT2D eigenvalue weighted by atomic mass is 16.6. The van der Waals surface area contributed by atoms with E-state index in [-0.39, 0.29) is 0 Å². The van der Waals surface area contributed by atoms with E-state index in [1.165, 1.54) is 128 Å². The van der Waals surface area contributed by atoms with Crippen molar-refractivity contribution < 1.29 is 29.3 Å². The van der Waals surface area contributed by atoms with Crippen LogP contribution in [0.5, 0.6) is 0 Å². The fraction of sp³-hybridized carbons (Fsp3) is 0.909. The summed E-state index contributed by atoms with van der Waals surface area (Å²) in [5.41, 5.74) is -0.767. The van der Waals surface area contributed by atoms with Gasteiger partial charge in [0.2, 0.25) is 0 Å². The highest BCUT2D eigenvalue weighted by Gasteiger charge is 2.26. The Balaban J connectivity index is 0.000000221. The zero-order valence-corrected chi connectivity index (χ0v) is 26.8. The van der Waals surface area contributed by atoms with Gasteiger partial charge in [-0.2, -0.15) is 0 Å². The van der Waals surface area contributed by atoms with E-state index in [1.807, 2.05) is 5.32 Å². The van der Waals surface area contributed by atoms with E-state index in [0.717, 1.165) is 24.2 Å². The SMILES string of the molecule is C1CCC(NC2CCCCC2)CC1.C1CCC(NC2CCCCC2)CC1.CC(C)(C)OC(=O)N[C@@H](CC(=O)O)C(=O)O. The summed E-state index contributed by atoms with van der Waals surface area (Å²) in [5, 5.41) is 26.7. The number of nitrogens with one attached hydrogen (secondary N) is 3. The first-order valence-corrected chi connectivity index (χ1v) is 17.0. The lowest BCUT2D eigenvalue weighted by Crippen LogP contribution is -2.44. The molecular weight excluding hydrogens is 534 g/mol. The number of carbonyl (C=O) groups excluding carboxylic acids is 1. The molecule has 5 N–H and O–H groups in total. The number of aliphatic carboxylic acids is 2. The van der Waals surface area contributed by atoms with Crippen LogP contribution < -0.4 is 16.0 Å². The molecule has 4 aliphatic carbocycles. The predicted octanol–water partition coefficient (Wildman–Crippen LogP) is 6.92. The molecule has 4 saturated carbocycles. The van der Waals surface area contributed by atoms with Gasteiger partial charge in [0.1, 0.15) is 11.6 Å². The van der Waals surface area contributed by atoms with Gasteiger partial charge in [0, 0.05) is 24.2 Å². The third-order valence-electron chi connectivity index (χ3n) is 8.73. The molecule has 9 nitrogen and oxygen atoms in total. The standard InChI is InChI=1S/2C12H23N.C9H15NO6/c2*1-3-7-11(8-4-1)13-12-9-5-2-6-10-12;1-9(2,3)16-8(15)10-5(7(13)14)4-6(11)12/h2*11-13H,1-10H2;5H,4H2,1-3H3,(H,10,15)(H,11,12)(H,13,14)/t;;5-/m..0/s1. The van der Waals surface area contributed by atoms with Crippen molar-refractivity contribution in [3.05, 3.63) is 0 Å². The third-order valence-corrected chi connectivity index (χ3v) is 8.73. The van der Waals surface area contributed by atoms with Crippen LogP contribution in [0, 0.1) is 0 Å². The molecule has 0 heterocycles. The van der Waals surface area contributed by atoms with Crippen LogP contribution in [0.4, 0.5) is 4.79 Å². The lowest BCUT2D eigenvalue weighted by Gasteiger charge is -2.30. The zero-order valence-electron chi connectivity index (χ0n) is 26.8. The van der Waals surface area contributed by atoms with Gasteiger partial charge < -0.3 is 30.9 Å². The van der Waals surface area contributed by atoms with Gasteiger partial charge in [-0.15, -0.1) is 0 Å². The molecule has 0 aromatic heterocycles. The Morgan fingerprint density at radius 2 is 0.929 bits per heavy atom. The molecule has 0 spiro atoms. The minimum Gasteiger partial charge on any atom is -0.481 e. The Morgan fingerprint density at radius 3 is 1.17 bits per heavy atom. The summed E-state index contributed by atoms with van der Waals surface area (Å²) >= 11 is 0. The Bertz CT molecular complexity index is 696. The van der Waals surface area contributed by atoms with Gasteiger partial charge in [0.25, 0.3) is 0 Å². The van der Waals surface area contributed by atoms with Crippen molar-refractivity contribution in [1.82, 2.24) is 16.0 Å². The average molecular weight is 596 g/mol. The average Bonchev–Trinajstić information content (AvgIpc) is 2.94. The van der Waals surface area contributed by atoms with E-state index in [4.69, 9.17) is 14.9 Å². The molecule has 0 bridgehead atoms. The maximum atomic E-state index is 11.2. The molecule has 0 aromatic rings. The predicted molar refractivity (Wildman–Crippen MR) is 167 cm³/mol. The number of ether oxygens (including phenoxy) is 1. The topological polar surface area (TPSA) is 137 Å². The Kier molecular flexibility index (Phi) is 17.4. The minimum atomic E-state index is -1.49. The number of carbonyl (C=O) groups is 3. The van der Waals surface area contributed by atoms with Crippen LogP contribution in [0.15, 0.2) is 0 Å². The van der Waals surface area contributed by atoms with E-state index in [0.29, 0.717) is 0 Å². The van der Waals surface area contributed by atoms with Crippen molar-refractivity contribution in [1.29, 1.82) is 0 Å². The van der Waals surface area contributed by atoms with E-state index in [1.54, 1.807) is 20.8 Å². The van der Waals surface area contributed by atoms with Gasteiger partial charge in [-0.1, -0.05) is 77.0 Å². The molecule has 4 fully saturated rings. The van der Waals surface area contributed by atoms with Gasteiger partial charge >= 0.3 is 18.0 Å². The summed E-state index contributed by atoms with van der Waals surface area (Å²) in [4.78, 5) is 32.1. The van der Waals surface area contributed by atoms with Crippen LogP contribution in [-0.2, 0) is 14.3 Å². The maximum absolute atomic E-state index is 11.2. The molecule has 1 amide bonds. The number of rotatable bonds is 8. The number of hydrogen-bond donors (Lipinski definition) is 5. The summed E-state index contributed by atoms with van der Waals surface area (Å²) < 4.78 is 4.79. The second-order valence-corrected chi connectivity index (χ2v) is 13.8. The largest absolute Gasteiger partial charge is 0.481 e. The van der Waals surface area contributed by atoms with Gasteiger partial charge in [-0.25, -0.2) is 9.59 Å². The van der Waals surface area contributed by atoms with E-state index in [9.17, 15) is 14.4 Å². The van der Waals surface area contributed by atoms with Gasteiger partial charge in [-0.05, 0) is 72.1 Å². The first-order chi connectivity index (χ1) is 20.0. The lowest BCUT2D eigenvalue weighted by molar-refractivity contribution is -0.145. The summed E-state index contributed by atoms with van der Waals surface area (Å²) in [6, 6.07) is 2.00. The number of hydrogen-bond acceptors (Lipinski definition) is 6. The summed E-state index contributed by atoms with van der Waals surface area (Å²) in [6.07, 6.45) is 27.5. The monoisotopic (exact) mass is 595 g/mol. The molecule has 0 aliphatic heterocycles. The minimum absolute atomic E-state index is 0.700. The number of amides is 1. The van der Waals surface area contributed by atoms with Crippen molar-refractivity contribution >= 4 is 18.0 Å². The first-order valence-electron chi connectivity index (χ1n) is 17.0. The van der Waals surface area contributed by atoms with Crippen molar-refractivity contribution in [2.24, 2.45) is 0 Å². The van der Waals surface area contributed by atoms with Crippen LogP contribution in [0.2, 0.25) is 0 Å². The second-order valence-electron chi connectivity index (χ2n) is 13.8. The van der Waals surface area contributed by atoms with Crippen molar-refractivity contribution in [2.45, 2.75) is 191 Å². The second kappa shape index (κ2) is 20.2. The fourth-order valence-corrected chi connectivity index (χ4v) is 6.57. The quantitative estimate of drug-likeness (QED) is 0.204. The first kappa shape index (κ1) is 36.3. The molecular formula is C33H61N3O6. The molecule has 0 aromatic carbocycles. The number of carboxylic acid groups (broad SMARTS) is 2. The van der Waals surface area contributed by atoms with Crippen molar-refractivity contribution in [3.63, 3.8) is 0 Å². The van der Waals surface area contributed by atoms with Gasteiger partial charge in [0.15, 0.2) is 0 Å². The Hall–Kier alpha value is -1.87. The highest BCUT2D eigenvalue weighted by molar-refractivity contribution is 5.84. The van der Waals surface area contributed by atoms with Crippen molar-refractivity contribution in [2.75, 3.05) is 0 Å². The Labute approximate surface area is 254 Å². The molecule has 0 unspecified atom stereocenters. The normalized spacial score (nSPS) is 22.0. The number of alkyl carbamates (subject to hydrolysis) is 1. The smallest absolute Gasteiger partial charge is 0.408 e. The maximum Gasteiger partial charge on any atom is 0.408 e. The molecule has 4 rings (SSSR count). The Morgan fingerprint density at radius 1 is 0.619 bits per heavy atom. The van der Waals surface area contributed by atoms with E-state index >= 15 is 0 Å². The third kappa shape index (κ3) is 17.3. The highest BCUT2D eigenvalue weighted by Crippen LogP contribution is 2.23. The van der Waals surface area contributed by atoms with Gasteiger partial charge in [-0.3, -0.25) is 4.79 Å². The van der Waals surface area contributed by atoms with Crippen LogP contribution in [0.25, 0.3) is 0 Å². The summed E-state index contributed by atoms with van der Waals surface area (Å²) in [7, 11) is 0. The summed E-state index contributed by atoms with van der Waals surface area (Å²) in [6.45, 7) is 4.83. The fourth-order valence-electron chi connectivity index (χ4n) is 6.57. The molecule has 0 radical (unpaired) electrons. The van der Waals surface area contributed by atoms with Crippen LogP contribution >= 0.6 is 0 Å². The molecule has 4 aliphatic rings. The molecule has 0 saturated heterocycles. The lowest BCUT2D eigenvalue weighted by atomic mass is 9.91. The number of carboxylic acids is 2. The molecule has 9 heteroatoms. The van der Waals surface area contributed by atoms with E-state index in [2.05, 4.69) is 10.6 Å². The molecule has 244 valence electrons. The van der Waals surface area contributed by atoms with Crippen LogP contribution in [0.1, 0.15) is 156 Å². The van der Waals surface area contributed by atoms with Crippen molar-refractivity contribution in [3.8, 4) is 0 Å². The van der Waals surface area contributed by atoms with Gasteiger partial charge in [0.05, 0.1) is 6.42 Å². The molecule has 42 heavy (non-hydrogen) atoms. The summed E-state index contributed by atoms with van der Waals surface area (Å²) in [5.74, 6) is -2.74. The van der Waals surface area contributed by atoms with Crippen LogP contribution in [-0.4, -0.2) is 64.1 Å². The van der Waals surface area contributed by atoms with E-state index < -0.39 is 36.1 Å². The zero-order chi connectivity index (χ0) is 30.8.